The maximum Gasteiger partial charge on any atom is 0.0936 e. The van der Waals surface area contributed by atoms with Crippen molar-refractivity contribution in [2.24, 2.45) is 5.92 Å². The molecule has 70 valence electrons. The van der Waals surface area contributed by atoms with Gasteiger partial charge in [-0.2, -0.15) is 0 Å². The summed E-state index contributed by atoms with van der Waals surface area (Å²) in [5, 5.41) is 9.08. The van der Waals surface area contributed by atoms with E-state index in [0.717, 1.165) is 18.4 Å². The van der Waals surface area contributed by atoms with E-state index >= 15 is 0 Å². The number of aliphatic hydroxyl groups is 1. The van der Waals surface area contributed by atoms with E-state index in [9.17, 15) is 0 Å². The van der Waals surface area contributed by atoms with Crippen LogP contribution in [0, 0.1) is 5.92 Å². The van der Waals surface area contributed by atoms with E-state index in [-0.39, 0.29) is 18.1 Å². The van der Waals surface area contributed by atoms with Gasteiger partial charge in [-0.25, -0.2) is 0 Å². The maximum atomic E-state index is 9.08. The topological polar surface area (TPSA) is 29.5 Å². The van der Waals surface area contributed by atoms with Crippen molar-refractivity contribution in [1.29, 1.82) is 0 Å². The Morgan fingerprint density at radius 2 is 2.42 bits per heavy atom. The number of rotatable bonds is 4. The second kappa shape index (κ2) is 3.58. The second-order valence-corrected chi connectivity index (χ2v) is 3.52. The Hall–Kier alpha value is -0.340. The first-order chi connectivity index (χ1) is 5.67. The Morgan fingerprint density at radius 1 is 1.75 bits per heavy atom. The Balaban J connectivity index is 2.67. The lowest BCUT2D eigenvalue weighted by molar-refractivity contribution is -0.128. The van der Waals surface area contributed by atoms with Gasteiger partial charge < -0.3 is 9.84 Å². The molecule has 2 nitrogen and oxygen atoms in total. The molecule has 1 rings (SSSR count). The van der Waals surface area contributed by atoms with Gasteiger partial charge in [-0.1, -0.05) is 6.58 Å². The third-order valence-electron chi connectivity index (χ3n) is 2.87. The quantitative estimate of drug-likeness (QED) is 0.651. The highest BCUT2D eigenvalue weighted by Crippen LogP contribution is 2.45. The lowest BCUT2D eigenvalue weighted by Gasteiger charge is -2.49. The van der Waals surface area contributed by atoms with Gasteiger partial charge in [0.15, 0.2) is 0 Å². The molecule has 0 aromatic carbocycles. The lowest BCUT2D eigenvalue weighted by Crippen LogP contribution is -2.51. The highest BCUT2D eigenvalue weighted by molar-refractivity contribution is 5.18. The number of ether oxygens (including phenoxy) is 1. The summed E-state index contributed by atoms with van der Waals surface area (Å²) in [4.78, 5) is 0. The molecule has 1 saturated carbocycles. The smallest absolute Gasteiger partial charge is 0.0936 e. The van der Waals surface area contributed by atoms with Gasteiger partial charge in [0, 0.05) is 19.1 Å². The molecule has 2 atom stereocenters. The summed E-state index contributed by atoms with van der Waals surface area (Å²) in [5.41, 5.74) is 0.846. The molecule has 0 spiro atoms. The van der Waals surface area contributed by atoms with Crippen molar-refractivity contribution in [3.63, 3.8) is 0 Å². The molecule has 0 unspecified atom stereocenters. The van der Waals surface area contributed by atoms with Gasteiger partial charge in [-0.3, -0.25) is 0 Å². The molecule has 2 heteroatoms. The monoisotopic (exact) mass is 170 g/mol. The van der Waals surface area contributed by atoms with Crippen LogP contribution in [-0.4, -0.2) is 23.9 Å². The summed E-state index contributed by atoms with van der Waals surface area (Å²) in [7, 11) is 0. The van der Waals surface area contributed by atoms with Crippen LogP contribution in [-0.2, 0) is 4.74 Å². The van der Waals surface area contributed by atoms with Gasteiger partial charge in [0.05, 0.1) is 5.60 Å². The number of aliphatic hydroxyl groups excluding tert-OH is 1. The van der Waals surface area contributed by atoms with Gasteiger partial charge in [0.25, 0.3) is 0 Å². The van der Waals surface area contributed by atoms with Crippen molar-refractivity contribution in [2.75, 3.05) is 13.2 Å². The van der Waals surface area contributed by atoms with E-state index in [0.29, 0.717) is 6.61 Å². The minimum Gasteiger partial charge on any atom is -0.396 e. The number of hydrogen-bond acceptors (Lipinski definition) is 2. The molecule has 0 aromatic heterocycles. The summed E-state index contributed by atoms with van der Waals surface area (Å²) < 4.78 is 5.67. The Labute approximate surface area is 74.2 Å². The fourth-order valence-corrected chi connectivity index (χ4v) is 1.98. The third-order valence-corrected chi connectivity index (χ3v) is 2.87. The molecule has 1 aliphatic rings. The van der Waals surface area contributed by atoms with Crippen molar-refractivity contribution < 1.29 is 9.84 Å². The summed E-state index contributed by atoms with van der Waals surface area (Å²) in [6.07, 6.45) is 2.07. The van der Waals surface area contributed by atoms with E-state index in [4.69, 9.17) is 9.84 Å². The summed E-state index contributed by atoms with van der Waals surface area (Å²) >= 11 is 0. The average Bonchev–Trinajstić information content (AvgIpc) is 1.98. The molecule has 1 fully saturated rings. The third kappa shape index (κ3) is 1.29. The second-order valence-electron chi connectivity index (χ2n) is 3.52. The predicted molar refractivity (Wildman–Crippen MR) is 49.0 cm³/mol. The van der Waals surface area contributed by atoms with Crippen molar-refractivity contribution in [1.82, 2.24) is 0 Å². The Bertz CT molecular complexity index is 175. The maximum absolute atomic E-state index is 9.08. The predicted octanol–water partition coefficient (Wildman–Crippen LogP) is 1.74. The SMILES string of the molecule is C=C(C)[C@]1(OCC)CC[C@@H]1CO. The van der Waals surface area contributed by atoms with Crippen LogP contribution in [0.2, 0.25) is 0 Å². The molecule has 0 heterocycles. The summed E-state index contributed by atoms with van der Waals surface area (Å²) in [6, 6.07) is 0. The van der Waals surface area contributed by atoms with Crippen LogP contribution < -0.4 is 0 Å². The van der Waals surface area contributed by atoms with Crippen molar-refractivity contribution in [2.45, 2.75) is 32.3 Å². The zero-order valence-corrected chi connectivity index (χ0v) is 7.97. The van der Waals surface area contributed by atoms with E-state index < -0.39 is 0 Å². The molecule has 1 N–H and O–H groups in total. The van der Waals surface area contributed by atoms with E-state index in [1.165, 1.54) is 0 Å². The molecular weight excluding hydrogens is 152 g/mol. The van der Waals surface area contributed by atoms with Crippen LogP contribution in [0.3, 0.4) is 0 Å². The molecule has 0 saturated heterocycles. The van der Waals surface area contributed by atoms with Crippen molar-refractivity contribution in [3.8, 4) is 0 Å². The molecule has 0 aliphatic heterocycles. The van der Waals surface area contributed by atoms with Crippen LogP contribution in [0.5, 0.6) is 0 Å². The molecular formula is C10H18O2. The van der Waals surface area contributed by atoms with E-state index in [2.05, 4.69) is 6.58 Å². The van der Waals surface area contributed by atoms with Gasteiger partial charge in [0.2, 0.25) is 0 Å². The lowest BCUT2D eigenvalue weighted by atomic mass is 9.66. The van der Waals surface area contributed by atoms with Crippen LogP contribution in [0.1, 0.15) is 26.7 Å². The standard InChI is InChI=1S/C10H18O2/c1-4-12-10(8(2)3)6-5-9(10)7-11/h9,11H,2,4-7H2,1,3H3/t9-,10-/m1/s1. The van der Waals surface area contributed by atoms with Gasteiger partial charge >= 0.3 is 0 Å². The Morgan fingerprint density at radius 3 is 2.67 bits per heavy atom. The van der Waals surface area contributed by atoms with Gasteiger partial charge in [0.1, 0.15) is 0 Å². The van der Waals surface area contributed by atoms with Crippen molar-refractivity contribution >= 4 is 0 Å². The van der Waals surface area contributed by atoms with Crippen LogP contribution >= 0.6 is 0 Å². The normalized spacial score (nSPS) is 34.4. The minimum atomic E-state index is -0.205. The average molecular weight is 170 g/mol. The van der Waals surface area contributed by atoms with E-state index in [1.807, 2.05) is 13.8 Å². The number of hydrogen-bond donors (Lipinski definition) is 1. The fourth-order valence-electron chi connectivity index (χ4n) is 1.98. The molecule has 0 radical (unpaired) electrons. The van der Waals surface area contributed by atoms with Crippen LogP contribution in [0.4, 0.5) is 0 Å². The van der Waals surface area contributed by atoms with Gasteiger partial charge in [-0.15, -0.1) is 0 Å². The zero-order valence-electron chi connectivity index (χ0n) is 7.97. The first-order valence-corrected chi connectivity index (χ1v) is 4.58. The zero-order chi connectivity index (χ0) is 9.19. The van der Waals surface area contributed by atoms with Crippen LogP contribution in [0.15, 0.2) is 12.2 Å². The largest absolute Gasteiger partial charge is 0.396 e. The van der Waals surface area contributed by atoms with Crippen molar-refractivity contribution in [3.05, 3.63) is 12.2 Å². The molecule has 0 amide bonds. The molecule has 12 heavy (non-hydrogen) atoms. The summed E-state index contributed by atoms with van der Waals surface area (Å²) in [6.45, 7) is 8.81. The highest BCUT2D eigenvalue weighted by atomic mass is 16.5. The minimum absolute atomic E-state index is 0.205. The van der Waals surface area contributed by atoms with E-state index in [1.54, 1.807) is 0 Å². The van der Waals surface area contributed by atoms with Crippen LogP contribution in [0.25, 0.3) is 0 Å². The Kier molecular flexibility index (Phi) is 2.91. The molecule has 0 aromatic rings. The first kappa shape index (κ1) is 9.75. The molecule has 0 bridgehead atoms. The van der Waals surface area contributed by atoms with Gasteiger partial charge in [-0.05, 0) is 32.3 Å². The molecule has 1 aliphatic carbocycles. The highest BCUT2D eigenvalue weighted by Gasteiger charge is 2.47. The fraction of sp³-hybridized carbons (Fsp3) is 0.800. The first-order valence-electron chi connectivity index (χ1n) is 4.58. The summed E-state index contributed by atoms with van der Waals surface area (Å²) in [5.74, 6) is 0.273.